The number of rotatable bonds is 22. The molecule has 0 aliphatic carbocycles. The molecule has 2 rings (SSSR count). The van der Waals surface area contributed by atoms with Crippen LogP contribution in [0.4, 0.5) is 11.4 Å². The SMILES string of the molecule is COc1ccc(NC(=C[N+](=O)[O-])Nc2ccc(CC(=O)NC(CC(C)C)C(=O)NC(CCOCC(NC(=O)CC(C)(C)C)C(=O)O)C(=O)O)cc2)cc1. The molecule has 0 saturated heterocycles. The third-order valence-electron chi connectivity index (χ3n) is 7.33. The van der Waals surface area contributed by atoms with Crippen molar-refractivity contribution in [2.75, 3.05) is 31.0 Å². The minimum atomic E-state index is -1.40. The largest absolute Gasteiger partial charge is 0.497 e. The van der Waals surface area contributed by atoms with E-state index in [9.17, 15) is 44.3 Å². The number of amides is 3. The zero-order chi connectivity index (χ0) is 39.7. The molecular weight excluding hydrogens is 692 g/mol. The lowest BCUT2D eigenvalue weighted by atomic mass is 9.92. The maximum Gasteiger partial charge on any atom is 0.328 e. The second-order valence-electron chi connectivity index (χ2n) is 13.9. The Morgan fingerprint density at radius 1 is 0.830 bits per heavy atom. The second kappa shape index (κ2) is 21.0. The number of aliphatic carboxylic acids is 2. The van der Waals surface area contributed by atoms with Crippen LogP contribution in [-0.4, -0.2) is 83.2 Å². The first kappa shape index (κ1) is 43.5. The molecule has 3 unspecified atom stereocenters. The maximum absolute atomic E-state index is 13.2. The molecule has 0 bridgehead atoms. The summed E-state index contributed by atoms with van der Waals surface area (Å²) < 4.78 is 10.5. The predicted octanol–water partition coefficient (Wildman–Crippen LogP) is 3.35. The number of methoxy groups -OCH3 is 1. The molecule has 0 fully saturated rings. The highest BCUT2D eigenvalue weighted by Crippen LogP contribution is 2.20. The molecule has 53 heavy (non-hydrogen) atoms. The van der Waals surface area contributed by atoms with Gasteiger partial charge >= 0.3 is 11.9 Å². The predicted molar refractivity (Wildman–Crippen MR) is 195 cm³/mol. The molecule has 3 amide bonds. The minimum Gasteiger partial charge on any atom is -0.497 e. The number of carboxylic acid groups (broad SMARTS) is 2. The topological polar surface area (TPSA) is 248 Å². The number of nitro groups is 1. The third-order valence-corrected chi connectivity index (χ3v) is 7.33. The lowest BCUT2D eigenvalue weighted by Gasteiger charge is -2.23. The van der Waals surface area contributed by atoms with Crippen LogP contribution in [0.5, 0.6) is 5.75 Å². The molecule has 0 aliphatic heterocycles. The van der Waals surface area contributed by atoms with E-state index in [2.05, 4.69) is 26.6 Å². The Balaban J connectivity index is 1.98. The number of nitrogens with zero attached hydrogens (tertiary/aromatic N) is 1. The molecule has 17 nitrogen and oxygen atoms in total. The van der Waals surface area contributed by atoms with Crippen molar-refractivity contribution in [2.45, 2.75) is 78.4 Å². The van der Waals surface area contributed by atoms with Crippen molar-refractivity contribution >= 4 is 41.0 Å². The van der Waals surface area contributed by atoms with Gasteiger partial charge in [-0.05, 0) is 59.7 Å². The molecule has 0 heterocycles. The Kier molecular flexibility index (Phi) is 17.2. The van der Waals surface area contributed by atoms with E-state index in [0.29, 0.717) is 22.7 Å². The first-order chi connectivity index (χ1) is 24.8. The fourth-order valence-electron chi connectivity index (χ4n) is 4.86. The first-order valence-corrected chi connectivity index (χ1v) is 16.9. The highest BCUT2D eigenvalue weighted by molar-refractivity contribution is 5.91. The van der Waals surface area contributed by atoms with Gasteiger partial charge in [-0.1, -0.05) is 46.8 Å². The van der Waals surface area contributed by atoms with Crippen LogP contribution in [0.2, 0.25) is 0 Å². The van der Waals surface area contributed by atoms with Crippen molar-refractivity contribution in [1.29, 1.82) is 0 Å². The van der Waals surface area contributed by atoms with Gasteiger partial charge in [0, 0.05) is 30.8 Å². The number of carbonyl (C=O) groups is 5. The van der Waals surface area contributed by atoms with Gasteiger partial charge in [-0.15, -0.1) is 0 Å². The van der Waals surface area contributed by atoms with Crippen LogP contribution in [0, 0.1) is 21.4 Å². The smallest absolute Gasteiger partial charge is 0.328 e. The molecule has 3 atom stereocenters. The van der Waals surface area contributed by atoms with Crippen molar-refractivity contribution < 1.29 is 48.6 Å². The average Bonchev–Trinajstić information content (AvgIpc) is 3.04. The minimum absolute atomic E-state index is 0.0441. The number of carboxylic acids is 2. The molecule has 17 heteroatoms. The van der Waals surface area contributed by atoms with Crippen molar-refractivity contribution in [3.63, 3.8) is 0 Å². The van der Waals surface area contributed by atoms with E-state index in [4.69, 9.17) is 9.47 Å². The second-order valence-corrected chi connectivity index (χ2v) is 13.9. The summed E-state index contributed by atoms with van der Waals surface area (Å²) in [7, 11) is 1.52. The van der Waals surface area contributed by atoms with Gasteiger partial charge in [-0.25, -0.2) is 9.59 Å². The lowest BCUT2D eigenvalue weighted by molar-refractivity contribution is -0.403. The van der Waals surface area contributed by atoms with Gasteiger partial charge in [0.1, 0.15) is 17.8 Å². The number of hydrogen-bond acceptors (Lipinski definition) is 11. The number of nitrogens with one attached hydrogen (secondary N) is 5. The summed E-state index contributed by atoms with van der Waals surface area (Å²) in [6, 6.07) is 9.51. The van der Waals surface area contributed by atoms with E-state index < -0.39 is 59.3 Å². The summed E-state index contributed by atoms with van der Waals surface area (Å²) in [5.74, 6) is -3.68. The quantitative estimate of drug-likeness (QED) is 0.0520. The monoisotopic (exact) mass is 742 g/mol. The molecule has 0 saturated carbocycles. The number of ether oxygens (including phenoxy) is 2. The van der Waals surface area contributed by atoms with E-state index >= 15 is 0 Å². The van der Waals surface area contributed by atoms with Crippen LogP contribution in [-0.2, 0) is 35.1 Å². The van der Waals surface area contributed by atoms with E-state index in [1.165, 1.54) is 7.11 Å². The Bertz CT molecular complexity index is 1590. The zero-order valence-electron chi connectivity index (χ0n) is 30.8. The summed E-state index contributed by atoms with van der Waals surface area (Å²) in [5, 5.41) is 43.8. The maximum atomic E-state index is 13.2. The van der Waals surface area contributed by atoms with Crippen LogP contribution in [0.1, 0.15) is 59.4 Å². The zero-order valence-corrected chi connectivity index (χ0v) is 30.8. The normalized spacial score (nSPS) is 13.2. The van der Waals surface area contributed by atoms with E-state index in [1.54, 1.807) is 48.5 Å². The molecule has 290 valence electrons. The first-order valence-electron chi connectivity index (χ1n) is 16.9. The number of hydrogen-bond donors (Lipinski definition) is 7. The standard InChI is InChI=1S/C36H50N6O11/c1-22(2)17-28(33(45)41-27(34(46)47)15-16-53-21-29(35(48)49)40-32(44)19-36(3,4)5)39-31(43)18-23-7-9-24(10-8-23)37-30(20-42(50)51)38-25-11-13-26(52-6)14-12-25/h7-14,20,22,27-29,37-38H,15-19,21H2,1-6H3,(H,39,43)(H,40,44)(H,41,45)(H,46,47)(H,48,49). The highest BCUT2D eigenvalue weighted by Gasteiger charge is 2.28. The van der Waals surface area contributed by atoms with Gasteiger partial charge in [-0.2, -0.15) is 0 Å². The van der Waals surface area contributed by atoms with Gasteiger partial charge in [-0.3, -0.25) is 24.5 Å². The number of benzene rings is 2. The van der Waals surface area contributed by atoms with Gasteiger partial charge < -0.3 is 46.3 Å². The lowest BCUT2D eigenvalue weighted by Crippen LogP contribution is -2.52. The van der Waals surface area contributed by atoms with Crippen molar-refractivity contribution in [3.05, 3.63) is 76.2 Å². The fraction of sp³-hybridized carbons (Fsp3) is 0.472. The third kappa shape index (κ3) is 17.4. The molecular formula is C36H50N6O11. The number of carbonyl (C=O) groups excluding carboxylic acids is 3. The molecule has 0 aliphatic rings. The Hall–Kier alpha value is -5.71. The van der Waals surface area contributed by atoms with E-state index in [0.717, 1.165) is 6.20 Å². The summed E-state index contributed by atoms with van der Waals surface area (Å²) in [6.07, 6.45) is 0.763. The molecule has 0 aromatic heterocycles. The Labute approximate surface area is 308 Å². The fourth-order valence-corrected chi connectivity index (χ4v) is 4.86. The van der Waals surface area contributed by atoms with Crippen LogP contribution in [0.15, 0.2) is 60.6 Å². The molecule has 0 radical (unpaired) electrons. The van der Waals surface area contributed by atoms with Crippen LogP contribution in [0.3, 0.4) is 0 Å². The van der Waals surface area contributed by atoms with E-state index in [-0.39, 0.29) is 49.4 Å². The summed E-state index contributed by atoms with van der Waals surface area (Å²) >= 11 is 0. The Morgan fingerprint density at radius 2 is 1.38 bits per heavy atom. The van der Waals surface area contributed by atoms with Gasteiger partial charge in [0.15, 0.2) is 11.9 Å². The summed E-state index contributed by atoms with van der Waals surface area (Å²) in [6.45, 7) is 8.52. The molecule has 7 N–H and O–H groups in total. The van der Waals surface area contributed by atoms with Crippen LogP contribution in [0.25, 0.3) is 0 Å². The number of anilines is 2. The van der Waals surface area contributed by atoms with Crippen molar-refractivity contribution in [1.82, 2.24) is 16.0 Å². The molecule has 2 aromatic rings. The van der Waals surface area contributed by atoms with Crippen molar-refractivity contribution in [2.24, 2.45) is 11.3 Å². The van der Waals surface area contributed by atoms with E-state index in [1.807, 2.05) is 34.6 Å². The molecule has 2 aromatic carbocycles. The van der Waals surface area contributed by atoms with Gasteiger partial charge in [0.2, 0.25) is 17.7 Å². The van der Waals surface area contributed by atoms with Crippen LogP contribution < -0.4 is 31.3 Å². The Morgan fingerprint density at radius 3 is 1.87 bits per heavy atom. The van der Waals surface area contributed by atoms with Crippen LogP contribution >= 0.6 is 0 Å². The van der Waals surface area contributed by atoms with Gasteiger partial charge in [0.05, 0.1) is 25.1 Å². The summed E-state index contributed by atoms with van der Waals surface area (Å²) in [4.78, 5) is 72.6. The van der Waals surface area contributed by atoms with Gasteiger partial charge in [0.25, 0.3) is 6.20 Å². The summed E-state index contributed by atoms with van der Waals surface area (Å²) in [5.41, 5.74) is 1.29. The van der Waals surface area contributed by atoms with Crippen molar-refractivity contribution in [3.8, 4) is 5.75 Å². The average molecular weight is 743 g/mol. The highest BCUT2D eigenvalue weighted by atomic mass is 16.6. The molecule has 0 spiro atoms.